The van der Waals surface area contributed by atoms with E-state index >= 15 is 0 Å². The summed E-state index contributed by atoms with van der Waals surface area (Å²) in [6.45, 7) is 7.81. The Labute approximate surface area is 186 Å². The van der Waals surface area contributed by atoms with Crippen molar-refractivity contribution in [2.75, 3.05) is 11.9 Å². The van der Waals surface area contributed by atoms with Gasteiger partial charge in [-0.05, 0) is 36.4 Å². The van der Waals surface area contributed by atoms with Gasteiger partial charge in [-0.25, -0.2) is 16.4 Å². The molecule has 2 rings (SSSR count). The first-order valence-electron chi connectivity index (χ1n) is 9.95. The van der Waals surface area contributed by atoms with E-state index in [1.54, 1.807) is 24.3 Å². The number of hydrogen-bond donors (Lipinski definition) is 5. The van der Waals surface area contributed by atoms with Gasteiger partial charge in [-0.15, -0.1) is 5.10 Å². The number of hydrazine groups is 1. The number of benzene rings is 2. The van der Waals surface area contributed by atoms with Gasteiger partial charge in [0.25, 0.3) is 5.91 Å². The molecule has 0 unspecified atom stereocenters. The molecule has 11 heteroatoms. The van der Waals surface area contributed by atoms with Crippen LogP contribution < -0.4 is 22.4 Å². The summed E-state index contributed by atoms with van der Waals surface area (Å²) in [5.41, 5.74) is 7.83. The molecule has 0 saturated carbocycles. The number of carbonyl (C=O) groups excluding carboxylic acids is 1. The second kappa shape index (κ2) is 14.7. The number of rotatable bonds is 6. The first-order valence-corrected chi connectivity index (χ1v) is 9.95. The number of halogens is 3. The van der Waals surface area contributed by atoms with Crippen molar-refractivity contribution in [2.24, 2.45) is 16.7 Å². The minimum absolute atomic E-state index is 0.0433. The summed E-state index contributed by atoms with van der Waals surface area (Å²) >= 11 is 0. The fraction of sp³-hybridized carbons (Fsp3) is 0.333. The average Bonchev–Trinajstić information content (AvgIpc) is 2.75. The number of carbonyl (C=O) groups is 1. The lowest BCUT2D eigenvalue weighted by atomic mass is 10.1. The van der Waals surface area contributed by atoms with Gasteiger partial charge in [0, 0.05) is 16.9 Å². The molecule has 2 aromatic rings. The highest BCUT2D eigenvalue weighted by molar-refractivity contribution is 6.02. The van der Waals surface area contributed by atoms with Crippen LogP contribution in [-0.2, 0) is 11.0 Å². The molecule has 0 aliphatic heterocycles. The Bertz CT molecular complexity index is 842. The Balaban J connectivity index is 0.00000177. The molecule has 0 aliphatic rings. The molecular formula is C21H31F3N6O2. The van der Waals surface area contributed by atoms with Crippen LogP contribution in [0.3, 0.4) is 0 Å². The van der Waals surface area contributed by atoms with E-state index in [0.29, 0.717) is 16.9 Å². The monoisotopic (exact) mass is 456 g/mol. The molecule has 0 aromatic heterocycles. The molecule has 8 nitrogen and oxygen atoms in total. The lowest BCUT2D eigenvalue weighted by Gasteiger charge is -2.15. The summed E-state index contributed by atoms with van der Waals surface area (Å²) < 4.78 is 37.9. The minimum atomic E-state index is -4.42. The molecule has 0 spiro atoms. The predicted octanol–water partition coefficient (Wildman–Crippen LogP) is 4.19. The van der Waals surface area contributed by atoms with Crippen molar-refractivity contribution in [2.45, 2.75) is 40.3 Å². The van der Waals surface area contributed by atoms with Crippen LogP contribution in [-0.4, -0.2) is 28.6 Å². The number of nitrogens with zero attached hydrogens (tertiary/aromatic N) is 2. The molecule has 0 aliphatic carbocycles. The molecule has 32 heavy (non-hydrogen) atoms. The van der Waals surface area contributed by atoms with Gasteiger partial charge in [-0.2, -0.15) is 13.2 Å². The Morgan fingerprint density at radius 1 is 1.09 bits per heavy atom. The Hall–Kier alpha value is -3.31. The van der Waals surface area contributed by atoms with Crippen LogP contribution in [0, 0.1) is 0 Å². The maximum atomic E-state index is 12.6. The van der Waals surface area contributed by atoms with Crippen molar-refractivity contribution >= 4 is 23.1 Å². The normalized spacial score (nSPS) is 10.7. The van der Waals surface area contributed by atoms with Gasteiger partial charge in [0.2, 0.25) is 0 Å². The van der Waals surface area contributed by atoms with E-state index in [-0.39, 0.29) is 5.84 Å². The van der Waals surface area contributed by atoms with Gasteiger partial charge in [0.1, 0.15) is 6.54 Å². The topological polar surface area (TPSA) is 129 Å². The maximum absolute atomic E-state index is 12.6. The third kappa shape index (κ3) is 10.1. The van der Waals surface area contributed by atoms with Crippen molar-refractivity contribution in [1.29, 1.82) is 0 Å². The predicted molar refractivity (Wildman–Crippen MR) is 120 cm³/mol. The van der Waals surface area contributed by atoms with Gasteiger partial charge in [0.05, 0.1) is 5.56 Å². The van der Waals surface area contributed by atoms with Crippen molar-refractivity contribution in [3.63, 3.8) is 0 Å². The summed E-state index contributed by atoms with van der Waals surface area (Å²) in [5, 5.41) is 16.0. The number of para-hydroxylation sites is 1. The Morgan fingerprint density at radius 3 is 2.12 bits per heavy atom. The SMILES string of the molecule is CC.CCC.N/C(=N\N(N)CC(=O)NO)c1ccccc1Nc1ccc(C(F)(F)F)cc1. The molecule has 0 saturated heterocycles. The van der Waals surface area contributed by atoms with Gasteiger partial charge < -0.3 is 11.1 Å². The second-order valence-electron chi connectivity index (χ2n) is 6.07. The molecule has 0 fully saturated rings. The molecule has 0 atom stereocenters. The van der Waals surface area contributed by atoms with Gasteiger partial charge in [0.15, 0.2) is 5.84 Å². The first kappa shape index (κ1) is 28.7. The number of hydrogen-bond acceptors (Lipinski definition) is 6. The van der Waals surface area contributed by atoms with Crippen molar-refractivity contribution in [3.8, 4) is 0 Å². The van der Waals surface area contributed by atoms with E-state index in [4.69, 9.17) is 16.8 Å². The van der Waals surface area contributed by atoms with E-state index in [0.717, 1.165) is 17.3 Å². The number of alkyl halides is 3. The van der Waals surface area contributed by atoms with Gasteiger partial charge >= 0.3 is 6.18 Å². The van der Waals surface area contributed by atoms with Gasteiger partial charge in [-0.1, -0.05) is 46.2 Å². The summed E-state index contributed by atoms with van der Waals surface area (Å²) in [5.74, 6) is 4.69. The van der Waals surface area contributed by atoms with Crippen molar-refractivity contribution in [3.05, 3.63) is 59.7 Å². The zero-order valence-electron chi connectivity index (χ0n) is 18.6. The molecule has 178 valence electrons. The van der Waals surface area contributed by atoms with E-state index in [1.165, 1.54) is 24.0 Å². The van der Waals surface area contributed by atoms with Crippen molar-refractivity contribution < 1.29 is 23.2 Å². The lowest BCUT2D eigenvalue weighted by Crippen LogP contribution is -2.38. The third-order valence-electron chi connectivity index (χ3n) is 3.36. The Kier molecular flexibility index (Phi) is 13.1. The third-order valence-corrected chi connectivity index (χ3v) is 3.36. The highest BCUT2D eigenvalue weighted by Gasteiger charge is 2.29. The van der Waals surface area contributed by atoms with Gasteiger partial charge in [-0.3, -0.25) is 10.0 Å². The largest absolute Gasteiger partial charge is 0.416 e. The highest BCUT2D eigenvalue weighted by atomic mass is 19.4. The number of hydroxylamine groups is 1. The van der Waals surface area contributed by atoms with Crippen LogP contribution in [0.4, 0.5) is 24.5 Å². The quantitative estimate of drug-likeness (QED) is 0.146. The summed E-state index contributed by atoms with van der Waals surface area (Å²) in [6, 6.07) is 11.1. The van der Waals surface area contributed by atoms with Crippen LogP contribution in [0.15, 0.2) is 53.6 Å². The molecule has 7 N–H and O–H groups in total. The summed E-state index contributed by atoms with van der Waals surface area (Å²) in [7, 11) is 0. The van der Waals surface area contributed by atoms with E-state index in [1.807, 2.05) is 13.8 Å². The number of hydrazone groups is 1. The van der Waals surface area contributed by atoms with Crippen LogP contribution in [0.2, 0.25) is 0 Å². The summed E-state index contributed by atoms with van der Waals surface area (Å²) in [4.78, 5) is 11.1. The lowest BCUT2D eigenvalue weighted by molar-refractivity contribution is -0.137. The molecule has 2 aromatic carbocycles. The molecule has 0 radical (unpaired) electrons. The highest BCUT2D eigenvalue weighted by Crippen LogP contribution is 2.30. The maximum Gasteiger partial charge on any atom is 0.416 e. The standard InChI is InChI=1S/C16H17F3N6O2.C3H8.C2H6/c17-16(18,19)10-5-7-11(8-6-10)22-13-4-2-1-3-12(13)15(20)23-25(21)9-14(26)24-27;1-3-2;1-2/h1-8,22,27H,9,21H2,(H2,20,23)(H,24,26);3H2,1-2H3;1-2H3. The second-order valence-corrected chi connectivity index (χ2v) is 6.07. The minimum Gasteiger partial charge on any atom is -0.382 e. The van der Waals surface area contributed by atoms with Crippen molar-refractivity contribution in [1.82, 2.24) is 10.6 Å². The van der Waals surface area contributed by atoms with Crippen LogP contribution in [0.25, 0.3) is 0 Å². The molecule has 1 amide bonds. The van der Waals surface area contributed by atoms with E-state index in [9.17, 15) is 18.0 Å². The molecule has 0 bridgehead atoms. The van der Waals surface area contributed by atoms with E-state index in [2.05, 4.69) is 24.3 Å². The smallest absolute Gasteiger partial charge is 0.382 e. The number of amidine groups is 1. The number of amides is 1. The van der Waals surface area contributed by atoms with E-state index < -0.39 is 24.2 Å². The zero-order chi connectivity index (χ0) is 24.7. The first-order chi connectivity index (χ1) is 15.1. The number of nitrogens with two attached hydrogens (primary N) is 2. The zero-order valence-corrected chi connectivity index (χ0v) is 18.6. The average molecular weight is 457 g/mol. The molecular weight excluding hydrogens is 425 g/mol. The Morgan fingerprint density at radius 2 is 1.62 bits per heavy atom. The number of anilines is 2. The summed E-state index contributed by atoms with van der Waals surface area (Å²) in [6.07, 6.45) is -3.17. The van der Waals surface area contributed by atoms with Crippen LogP contribution in [0.1, 0.15) is 45.2 Å². The number of nitrogens with one attached hydrogen (secondary N) is 2. The fourth-order valence-electron chi connectivity index (χ4n) is 2.12. The molecule has 0 heterocycles. The fourth-order valence-corrected chi connectivity index (χ4v) is 2.12. The van der Waals surface area contributed by atoms with Crippen LogP contribution >= 0.6 is 0 Å². The van der Waals surface area contributed by atoms with Crippen LogP contribution in [0.5, 0.6) is 0 Å².